The lowest BCUT2D eigenvalue weighted by molar-refractivity contribution is 0.243. The van der Waals surface area contributed by atoms with Gasteiger partial charge in [0, 0.05) is 34.9 Å². The molecule has 1 aromatic carbocycles. The van der Waals surface area contributed by atoms with Crippen molar-refractivity contribution in [1.82, 2.24) is 4.98 Å². The van der Waals surface area contributed by atoms with Crippen LogP contribution in [0.4, 0.5) is 5.69 Å². The van der Waals surface area contributed by atoms with Crippen molar-refractivity contribution in [1.29, 1.82) is 0 Å². The van der Waals surface area contributed by atoms with Crippen LogP contribution in [-0.2, 0) is 0 Å². The molecular formula is C22H33ClN2O. The number of aliphatic hydroxyl groups is 1. The van der Waals surface area contributed by atoms with E-state index in [9.17, 15) is 0 Å². The summed E-state index contributed by atoms with van der Waals surface area (Å²) in [6.07, 6.45) is 11.5. The van der Waals surface area contributed by atoms with Crippen LogP contribution in [0.15, 0.2) is 30.5 Å². The second-order valence-corrected chi connectivity index (χ2v) is 7.81. The highest BCUT2D eigenvalue weighted by atomic mass is 35.5. The fourth-order valence-corrected chi connectivity index (χ4v) is 3.84. The zero-order valence-electron chi connectivity index (χ0n) is 16.2. The molecular weight excluding hydrogens is 344 g/mol. The molecule has 2 unspecified atom stereocenters. The lowest BCUT2D eigenvalue weighted by atomic mass is 9.93. The van der Waals surface area contributed by atoms with Gasteiger partial charge in [0.15, 0.2) is 0 Å². The number of fused-ring (bicyclic) bond motifs is 1. The van der Waals surface area contributed by atoms with Gasteiger partial charge in [-0.25, -0.2) is 0 Å². The van der Waals surface area contributed by atoms with Gasteiger partial charge >= 0.3 is 0 Å². The van der Waals surface area contributed by atoms with Gasteiger partial charge in [-0.05, 0) is 49.9 Å². The summed E-state index contributed by atoms with van der Waals surface area (Å²) in [5.74, 6) is 0.704. The molecule has 0 amide bonds. The number of aromatic nitrogens is 1. The summed E-state index contributed by atoms with van der Waals surface area (Å²) in [5.41, 5.74) is 2.06. The fraction of sp³-hybridized carbons (Fsp3) is 0.591. The van der Waals surface area contributed by atoms with Gasteiger partial charge in [0.05, 0.1) is 5.52 Å². The Labute approximate surface area is 163 Å². The molecule has 0 radical (unpaired) electrons. The average molecular weight is 377 g/mol. The van der Waals surface area contributed by atoms with Crippen LogP contribution in [-0.4, -0.2) is 22.7 Å². The van der Waals surface area contributed by atoms with Crippen LogP contribution in [0.1, 0.15) is 65.2 Å². The highest BCUT2D eigenvalue weighted by Crippen LogP contribution is 2.25. The first kappa shape index (κ1) is 21.0. The van der Waals surface area contributed by atoms with Gasteiger partial charge < -0.3 is 10.4 Å². The van der Waals surface area contributed by atoms with Crippen molar-refractivity contribution >= 4 is 28.2 Å². The molecule has 0 spiro atoms. The molecule has 2 rings (SSSR count). The molecule has 3 nitrogen and oxygen atoms in total. The van der Waals surface area contributed by atoms with Crippen molar-refractivity contribution in [3.8, 4) is 0 Å². The van der Waals surface area contributed by atoms with E-state index in [0.717, 1.165) is 34.5 Å². The summed E-state index contributed by atoms with van der Waals surface area (Å²) in [6.45, 7) is 4.80. The molecule has 0 aliphatic rings. The Bertz CT molecular complexity index is 656. The minimum Gasteiger partial charge on any atom is -0.396 e. The Morgan fingerprint density at radius 3 is 2.65 bits per heavy atom. The maximum absolute atomic E-state index is 9.15. The molecule has 4 heteroatoms. The number of halogens is 1. The summed E-state index contributed by atoms with van der Waals surface area (Å²) in [7, 11) is 0. The summed E-state index contributed by atoms with van der Waals surface area (Å²) < 4.78 is 0. The normalized spacial score (nSPS) is 13.7. The Morgan fingerprint density at radius 1 is 1.08 bits per heavy atom. The Hall–Kier alpha value is -1.32. The number of nitrogens with zero attached hydrogens (tertiary/aromatic N) is 1. The monoisotopic (exact) mass is 376 g/mol. The molecule has 0 saturated carbocycles. The third-order valence-electron chi connectivity index (χ3n) is 5.09. The second-order valence-electron chi connectivity index (χ2n) is 7.37. The van der Waals surface area contributed by atoms with E-state index in [0.29, 0.717) is 18.6 Å². The van der Waals surface area contributed by atoms with Crippen LogP contribution in [0.5, 0.6) is 0 Å². The Balaban J connectivity index is 1.75. The van der Waals surface area contributed by atoms with E-state index in [4.69, 9.17) is 16.7 Å². The summed E-state index contributed by atoms with van der Waals surface area (Å²) in [4.78, 5) is 4.40. The van der Waals surface area contributed by atoms with Crippen LogP contribution < -0.4 is 5.32 Å². The molecule has 2 N–H and O–H groups in total. The molecule has 26 heavy (non-hydrogen) atoms. The third kappa shape index (κ3) is 6.77. The van der Waals surface area contributed by atoms with Gasteiger partial charge in [0.25, 0.3) is 0 Å². The van der Waals surface area contributed by atoms with Crippen LogP contribution in [0.2, 0.25) is 5.02 Å². The minimum atomic E-state index is 0.330. The van der Waals surface area contributed by atoms with Crippen LogP contribution in [0, 0.1) is 5.92 Å². The van der Waals surface area contributed by atoms with E-state index in [-0.39, 0.29) is 0 Å². The smallest absolute Gasteiger partial charge is 0.0737 e. The van der Waals surface area contributed by atoms with Gasteiger partial charge in [0.1, 0.15) is 0 Å². The maximum atomic E-state index is 9.15. The van der Waals surface area contributed by atoms with Gasteiger partial charge in [-0.3, -0.25) is 4.98 Å². The molecule has 1 aromatic heterocycles. The molecule has 2 atom stereocenters. The first-order valence-electron chi connectivity index (χ1n) is 10.1. The van der Waals surface area contributed by atoms with Crippen molar-refractivity contribution in [2.75, 3.05) is 11.9 Å². The molecule has 0 bridgehead atoms. The first-order chi connectivity index (χ1) is 12.6. The zero-order valence-corrected chi connectivity index (χ0v) is 16.9. The van der Waals surface area contributed by atoms with E-state index in [1.807, 2.05) is 30.5 Å². The number of unbranched alkanes of at least 4 members (excludes halogenated alkanes) is 2. The molecule has 0 fully saturated rings. The van der Waals surface area contributed by atoms with Gasteiger partial charge in [-0.15, -0.1) is 0 Å². The highest BCUT2D eigenvalue weighted by molar-refractivity contribution is 6.31. The predicted octanol–water partition coefficient (Wildman–Crippen LogP) is 6.44. The lowest BCUT2D eigenvalue weighted by Gasteiger charge is -2.17. The van der Waals surface area contributed by atoms with Gasteiger partial charge in [-0.1, -0.05) is 57.0 Å². The maximum Gasteiger partial charge on any atom is 0.0737 e. The SMILES string of the molecule is CCCC(CCO)CCCCCC(C)Nc1ccnc2cc(Cl)ccc12. The van der Waals surface area contributed by atoms with Crippen LogP contribution in [0.3, 0.4) is 0 Å². The third-order valence-corrected chi connectivity index (χ3v) is 5.33. The van der Waals surface area contributed by atoms with E-state index >= 15 is 0 Å². The predicted molar refractivity (Wildman–Crippen MR) is 113 cm³/mol. The van der Waals surface area contributed by atoms with E-state index in [1.165, 1.54) is 38.5 Å². The van der Waals surface area contributed by atoms with Crippen molar-refractivity contribution in [2.45, 2.75) is 71.3 Å². The number of hydrogen-bond donors (Lipinski definition) is 2. The molecule has 2 aromatic rings. The number of rotatable bonds is 12. The molecule has 0 saturated heterocycles. The zero-order chi connectivity index (χ0) is 18.8. The van der Waals surface area contributed by atoms with Crippen LogP contribution >= 0.6 is 11.6 Å². The topological polar surface area (TPSA) is 45.1 Å². The summed E-state index contributed by atoms with van der Waals surface area (Å²) >= 11 is 6.06. The Kier molecular flexibility index (Phi) is 9.21. The Morgan fingerprint density at radius 2 is 1.88 bits per heavy atom. The largest absolute Gasteiger partial charge is 0.396 e. The number of nitrogens with one attached hydrogen (secondary N) is 1. The standard InChI is InChI=1S/C22H33ClN2O/c1-3-7-18(13-15-26)9-6-4-5-8-17(2)25-21-12-14-24-22-16-19(23)10-11-20(21)22/h10-12,14,16-18,26H,3-9,13,15H2,1-2H3,(H,24,25). The quantitative estimate of drug-likeness (QED) is 0.419. The lowest BCUT2D eigenvalue weighted by Crippen LogP contribution is -2.15. The molecule has 0 aliphatic heterocycles. The number of pyridine rings is 1. The van der Waals surface area contributed by atoms with Crippen molar-refractivity contribution in [2.24, 2.45) is 5.92 Å². The summed E-state index contributed by atoms with van der Waals surface area (Å²) in [6, 6.07) is 8.33. The van der Waals surface area contributed by atoms with E-state index < -0.39 is 0 Å². The number of anilines is 1. The van der Waals surface area contributed by atoms with E-state index in [1.54, 1.807) is 0 Å². The van der Waals surface area contributed by atoms with Gasteiger partial charge in [0.2, 0.25) is 0 Å². The number of hydrogen-bond acceptors (Lipinski definition) is 3. The van der Waals surface area contributed by atoms with Crippen molar-refractivity contribution in [3.05, 3.63) is 35.5 Å². The summed E-state index contributed by atoms with van der Waals surface area (Å²) in [5, 5.41) is 14.6. The van der Waals surface area contributed by atoms with E-state index in [2.05, 4.69) is 24.1 Å². The molecule has 1 heterocycles. The minimum absolute atomic E-state index is 0.330. The first-order valence-corrected chi connectivity index (χ1v) is 10.4. The number of benzene rings is 1. The average Bonchev–Trinajstić information content (AvgIpc) is 2.61. The second kappa shape index (κ2) is 11.4. The van der Waals surface area contributed by atoms with Crippen LogP contribution in [0.25, 0.3) is 10.9 Å². The number of aliphatic hydroxyl groups excluding tert-OH is 1. The highest BCUT2D eigenvalue weighted by Gasteiger charge is 2.09. The van der Waals surface area contributed by atoms with Crippen molar-refractivity contribution < 1.29 is 5.11 Å². The molecule has 144 valence electrons. The van der Waals surface area contributed by atoms with Gasteiger partial charge in [-0.2, -0.15) is 0 Å². The van der Waals surface area contributed by atoms with Crippen molar-refractivity contribution in [3.63, 3.8) is 0 Å². The fourth-order valence-electron chi connectivity index (χ4n) is 3.67. The molecule has 0 aliphatic carbocycles.